The number of hydrogen-bond acceptors (Lipinski definition) is 8. The Balaban J connectivity index is 1.19. The molecule has 1 N–H and O–H groups in total. The summed E-state index contributed by atoms with van der Waals surface area (Å²) in [4.78, 5) is 47.3. The number of hydrogen-bond donors (Lipinski definition) is 1. The molecule has 0 spiro atoms. The molecule has 2 aromatic rings. The molecule has 5 aliphatic rings. The highest BCUT2D eigenvalue weighted by Crippen LogP contribution is 2.77. The second-order valence-corrected chi connectivity index (χ2v) is 20.1. The van der Waals surface area contributed by atoms with Gasteiger partial charge in [0.2, 0.25) is 5.82 Å². The molecule has 294 valence electrons. The van der Waals surface area contributed by atoms with E-state index < -0.39 is 23.2 Å². The molecule has 0 amide bonds. The number of carbonyl (C=O) groups is 3. The van der Waals surface area contributed by atoms with Gasteiger partial charge >= 0.3 is 11.9 Å². The van der Waals surface area contributed by atoms with E-state index in [1.54, 1.807) is 13.8 Å². The molecule has 0 bridgehead atoms. The summed E-state index contributed by atoms with van der Waals surface area (Å²) in [6.45, 7) is 19.6. The first-order valence-corrected chi connectivity index (χ1v) is 20.2. The number of esters is 1. The van der Waals surface area contributed by atoms with E-state index in [4.69, 9.17) is 4.74 Å². The van der Waals surface area contributed by atoms with Gasteiger partial charge in [0.25, 0.3) is 0 Å². The van der Waals surface area contributed by atoms with Crippen LogP contribution in [0.5, 0.6) is 0 Å². The number of fused-ring (bicyclic) bond motifs is 7. The number of ketones is 1. The number of allylic oxidation sites excluding steroid dienone is 2. The molecule has 0 aliphatic heterocycles. The Labute approximate surface area is 319 Å². The molecule has 0 aromatic carbocycles. The van der Waals surface area contributed by atoms with Crippen molar-refractivity contribution in [3.05, 3.63) is 35.2 Å². The maximum Gasteiger partial charge on any atom is 0.309 e. The molecule has 8 atom stereocenters. The Hall–Kier alpha value is -3.50. The minimum Gasteiger partial charge on any atom is -0.481 e. The third-order valence-electron chi connectivity index (χ3n) is 16.2. The second kappa shape index (κ2) is 12.8. The van der Waals surface area contributed by atoms with E-state index >= 15 is 0 Å². The fraction of sp³-hybridized carbons (Fsp3) is 0.744. The van der Waals surface area contributed by atoms with Crippen molar-refractivity contribution in [2.45, 2.75) is 139 Å². The van der Waals surface area contributed by atoms with E-state index in [-0.39, 0.29) is 57.2 Å². The summed E-state index contributed by atoms with van der Waals surface area (Å²) in [5.41, 5.74) is 0.765. The first kappa shape index (κ1) is 38.8. The Bertz CT molecular complexity index is 1900. The summed E-state index contributed by atoms with van der Waals surface area (Å²) in [7, 11) is 1.91. The van der Waals surface area contributed by atoms with Crippen molar-refractivity contribution in [2.75, 3.05) is 0 Å². The number of carboxylic acid groups (broad SMARTS) is 1. The molecule has 4 fully saturated rings. The van der Waals surface area contributed by atoms with E-state index in [1.165, 1.54) is 5.57 Å². The smallest absolute Gasteiger partial charge is 0.309 e. The number of aromatic nitrogens is 5. The molecule has 7 rings (SSSR count). The van der Waals surface area contributed by atoms with Crippen LogP contribution in [0.3, 0.4) is 0 Å². The van der Waals surface area contributed by atoms with Crippen molar-refractivity contribution >= 4 is 17.7 Å². The number of nitrogens with zero attached hydrogens (tertiary/aromatic N) is 5. The lowest BCUT2D eigenvalue weighted by atomic mass is 9.33. The lowest BCUT2D eigenvalue weighted by molar-refractivity contribution is -0.233. The molecular weight excluding hydrogens is 686 g/mol. The highest BCUT2D eigenvalue weighted by Gasteiger charge is 2.70. The van der Waals surface area contributed by atoms with E-state index in [1.807, 2.05) is 11.6 Å². The van der Waals surface area contributed by atoms with Crippen LogP contribution >= 0.6 is 0 Å². The fourth-order valence-electron chi connectivity index (χ4n) is 13.2. The van der Waals surface area contributed by atoms with Gasteiger partial charge in [-0.3, -0.25) is 14.4 Å². The predicted molar refractivity (Wildman–Crippen MR) is 201 cm³/mol. The maximum absolute atomic E-state index is 14.2. The third-order valence-corrected chi connectivity index (χ3v) is 16.2. The molecule has 5 aliphatic carbocycles. The van der Waals surface area contributed by atoms with Crippen LogP contribution in [0, 0.1) is 62.0 Å². The topological polar surface area (TPSA) is 137 Å². The van der Waals surface area contributed by atoms with Crippen molar-refractivity contribution in [2.24, 2.45) is 63.2 Å². The van der Waals surface area contributed by atoms with E-state index in [9.17, 15) is 23.9 Å². The van der Waals surface area contributed by atoms with Gasteiger partial charge in [0.15, 0.2) is 17.4 Å². The zero-order valence-corrected chi connectivity index (χ0v) is 34.0. The summed E-state index contributed by atoms with van der Waals surface area (Å²) in [5, 5.41) is 18.7. The number of halogens is 1. The van der Waals surface area contributed by atoms with Crippen LogP contribution in [-0.2, 0) is 32.6 Å². The van der Waals surface area contributed by atoms with Crippen LogP contribution in [0.1, 0.15) is 132 Å². The Kier molecular flexibility index (Phi) is 9.16. The monoisotopic (exact) mass is 745 g/mol. The van der Waals surface area contributed by atoms with Crippen molar-refractivity contribution in [3.63, 3.8) is 0 Å². The van der Waals surface area contributed by atoms with Crippen LogP contribution < -0.4 is 0 Å². The molecule has 2 heterocycles. The number of carbonyl (C=O) groups excluding carboxylic acids is 2. The van der Waals surface area contributed by atoms with Gasteiger partial charge in [-0.1, -0.05) is 54.0 Å². The average molecular weight is 746 g/mol. The van der Waals surface area contributed by atoms with Gasteiger partial charge in [0.1, 0.15) is 11.9 Å². The maximum atomic E-state index is 14.2. The van der Waals surface area contributed by atoms with Gasteiger partial charge in [0, 0.05) is 30.7 Å². The van der Waals surface area contributed by atoms with Gasteiger partial charge in [-0.15, -0.1) is 10.2 Å². The standard InChI is InChI=1S/C43H60FN5O5/c1-24(2)33-27(50)19-43(20-31-47-48-36(49(31)10)35-45-22-25(44)23-46-35)18-17-41(8)26(34(33)43)11-12-29-40(7)15-14-30(54-32(51)21-38(3,4)37(52)53)39(5,6)28(40)13-16-42(29,41)9/h22-24,26,28-30H,11-21H2,1-10H3,(H,52,53)/t26-,28+,29-,30+,40+,41-,42-,43+/m1/s1. The van der Waals surface area contributed by atoms with Crippen LogP contribution in [0.25, 0.3) is 11.6 Å². The molecular formula is C43H60FN5O5. The normalized spacial score (nSPS) is 36.0. The molecule has 0 saturated heterocycles. The van der Waals surface area contributed by atoms with Crippen molar-refractivity contribution < 1.29 is 28.6 Å². The van der Waals surface area contributed by atoms with Crippen LogP contribution in [0.15, 0.2) is 23.5 Å². The molecule has 10 nitrogen and oxygen atoms in total. The summed E-state index contributed by atoms with van der Waals surface area (Å²) >= 11 is 0. The number of carboxylic acids is 1. The Morgan fingerprint density at radius 2 is 1.65 bits per heavy atom. The molecule has 11 heteroatoms. The van der Waals surface area contributed by atoms with Gasteiger partial charge < -0.3 is 14.4 Å². The first-order chi connectivity index (χ1) is 25.1. The number of rotatable bonds is 8. The lowest BCUT2D eigenvalue weighted by Crippen LogP contribution is -2.65. The van der Waals surface area contributed by atoms with Gasteiger partial charge in [-0.2, -0.15) is 0 Å². The van der Waals surface area contributed by atoms with E-state index in [2.05, 4.69) is 68.6 Å². The summed E-state index contributed by atoms with van der Waals surface area (Å²) in [5.74, 6) is 1.19. The number of aliphatic carboxylic acids is 1. The molecule has 4 saturated carbocycles. The highest BCUT2D eigenvalue weighted by atomic mass is 19.1. The van der Waals surface area contributed by atoms with Crippen LogP contribution in [-0.4, -0.2) is 53.7 Å². The van der Waals surface area contributed by atoms with E-state index in [0.29, 0.717) is 36.3 Å². The quantitative estimate of drug-likeness (QED) is 0.264. The minimum absolute atomic E-state index is 0.00361. The summed E-state index contributed by atoms with van der Waals surface area (Å²) < 4.78 is 21.7. The zero-order chi connectivity index (χ0) is 39.4. The average Bonchev–Trinajstić information content (AvgIpc) is 3.58. The van der Waals surface area contributed by atoms with Crippen LogP contribution in [0.4, 0.5) is 4.39 Å². The minimum atomic E-state index is -1.17. The predicted octanol–water partition coefficient (Wildman–Crippen LogP) is 8.35. The van der Waals surface area contributed by atoms with E-state index in [0.717, 1.165) is 75.2 Å². The Morgan fingerprint density at radius 1 is 0.963 bits per heavy atom. The zero-order valence-electron chi connectivity index (χ0n) is 34.0. The van der Waals surface area contributed by atoms with Gasteiger partial charge in [-0.05, 0) is 111 Å². The third kappa shape index (κ3) is 5.62. The summed E-state index contributed by atoms with van der Waals surface area (Å²) in [6.07, 6.45) is 10.9. The Morgan fingerprint density at radius 3 is 2.30 bits per heavy atom. The van der Waals surface area contributed by atoms with Gasteiger partial charge in [0.05, 0.1) is 24.2 Å². The first-order valence-electron chi connectivity index (χ1n) is 20.2. The number of Topliss-reactive ketones (excluding diaryl/α,β-unsaturated/α-hetero) is 1. The lowest BCUT2D eigenvalue weighted by Gasteiger charge is -2.72. The van der Waals surface area contributed by atoms with Crippen molar-refractivity contribution in [1.29, 1.82) is 0 Å². The molecule has 2 aromatic heterocycles. The molecule has 0 unspecified atom stereocenters. The fourth-order valence-corrected chi connectivity index (χ4v) is 13.2. The van der Waals surface area contributed by atoms with Crippen molar-refractivity contribution in [1.82, 2.24) is 24.7 Å². The van der Waals surface area contributed by atoms with Crippen LogP contribution in [0.2, 0.25) is 0 Å². The highest BCUT2D eigenvalue weighted by molar-refractivity contribution is 6.00. The van der Waals surface area contributed by atoms with Gasteiger partial charge in [-0.25, -0.2) is 14.4 Å². The SMILES string of the molecule is CC(C)C1=C2[C@H]3CC[C@@H]4[C@@]5(C)CC[C@H](OC(=O)CC(C)(C)C(=O)O)C(C)(C)[C@@H]5CC[C@@]4(C)[C@]3(C)CC[C@@]2(Cc2nnc(-c3ncc(F)cn3)n2C)CC1=O. The number of ether oxygens (including phenoxy) is 1. The molecule has 0 radical (unpaired) electrons. The van der Waals surface area contributed by atoms with Crippen molar-refractivity contribution in [3.8, 4) is 11.6 Å². The second-order valence-electron chi connectivity index (χ2n) is 20.1. The summed E-state index contributed by atoms with van der Waals surface area (Å²) in [6, 6.07) is 0. The molecule has 54 heavy (non-hydrogen) atoms. The largest absolute Gasteiger partial charge is 0.481 e.